The first-order chi connectivity index (χ1) is 9.79. The molecule has 2 rings (SSSR count). The molecule has 0 saturated heterocycles. The van der Waals surface area contributed by atoms with Gasteiger partial charge in [0.05, 0.1) is 11.6 Å². The highest BCUT2D eigenvalue weighted by molar-refractivity contribution is 6.32. The largest absolute Gasteiger partial charge is 0.487 e. The molecule has 20 heavy (non-hydrogen) atoms. The van der Waals surface area contributed by atoms with Crippen molar-refractivity contribution < 1.29 is 9.84 Å². The molecule has 0 amide bonds. The van der Waals surface area contributed by atoms with Gasteiger partial charge in [-0.2, -0.15) is 0 Å². The molecule has 0 radical (unpaired) electrons. The Balaban J connectivity index is 1.95. The Kier molecular flexibility index (Phi) is 5.49. The van der Waals surface area contributed by atoms with Crippen LogP contribution in [0, 0.1) is 11.8 Å². The van der Waals surface area contributed by atoms with Crippen LogP contribution in [0.25, 0.3) is 0 Å². The minimum atomic E-state index is 0.0940. The van der Waals surface area contributed by atoms with Crippen LogP contribution in [-0.4, -0.2) is 11.7 Å². The van der Waals surface area contributed by atoms with E-state index in [9.17, 15) is 0 Å². The van der Waals surface area contributed by atoms with E-state index < -0.39 is 0 Å². The van der Waals surface area contributed by atoms with Crippen LogP contribution in [0.15, 0.2) is 48.5 Å². The molecule has 3 heteroatoms. The fraction of sp³-hybridized carbons (Fsp3) is 0.176. The Labute approximate surface area is 124 Å². The Morgan fingerprint density at radius 3 is 2.50 bits per heavy atom. The zero-order chi connectivity index (χ0) is 14.2. The lowest BCUT2D eigenvalue weighted by atomic mass is 10.1. The van der Waals surface area contributed by atoms with Crippen LogP contribution in [0.5, 0.6) is 5.75 Å². The number of halogens is 1. The van der Waals surface area contributed by atoms with Crippen LogP contribution in [0.2, 0.25) is 5.02 Å². The van der Waals surface area contributed by atoms with Gasteiger partial charge in [0.2, 0.25) is 0 Å². The molecule has 102 valence electrons. The summed E-state index contributed by atoms with van der Waals surface area (Å²) < 4.78 is 5.66. The Morgan fingerprint density at radius 2 is 1.80 bits per heavy atom. The van der Waals surface area contributed by atoms with Gasteiger partial charge in [-0.25, -0.2) is 0 Å². The first-order valence-electron chi connectivity index (χ1n) is 6.35. The summed E-state index contributed by atoms with van der Waals surface area (Å²) in [4.78, 5) is 0. The van der Waals surface area contributed by atoms with E-state index in [1.54, 1.807) is 6.07 Å². The van der Waals surface area contributed by atoms with Crippen molar-refractivity contribution in [2.24, 2.45) is 0 Å². The summed E-state index contributed by atoms with van der Waals surface area (Å²) in [5, 5.41) is 9.27. The average Bonchev–Trinajstić information content (AvgIpc) is 2.48. The van der Waals surface area contributed by atoms with Crippen LogP contribution >= 0.6 is 11.6 Å². The lowest BCUT2D eigenvalue weighted by Crippen LogP contribution is -1.95. The SMILES string of the molecule is OCCC#Cc1ccc(COc2ccccc2Cl)cc1. The fourth-order valence-corrected chi connectivity index (χ4v) is 1.82. The van der Waals surface area contributed by atoms with Crippen molar-refractivity contribution >= 4 is 11.6 Å². The van der Waals surface area contributed by atoms with Gasteiger partial charge in [-0.15, -0.1) is 0 Å². The Hall–Kier alpha value is -1.95. The second-order valence-electron chi connectivity index (χ2n) is 4.19. The number of para-hydroxylation sites is 1. The molecule has 0 unspecified atom stereocenters. The maximum atomic E-state index is 8.66. The number of aliphatic hydroxyl groups excluding tert-OH is 1. The van der Waals surface area contributed by atoms with Crippen LogP contribution in [-0.2, 0) is 6.61 Å². The van der Waals surface area contributed by atoms with Gasteiger partial charge in [0.1, 0.15) is 12.4 Å². The smallest absolute Gasteiger partial charge is 0.138 e. The summed E-state index contributed by atoms with van der Waals surface area (Å²) in [6.07, 6.45) is 0.497. The normalized spacial score (nSPS) is 9.70. The van der Waals surface area contributed by atoms with Crippen molar-refractivity contribution in [2.75, 3.05) is 6.61 Å². The van der Waals surface area contributed by atoms with E-state index in [1.165, 1.54) is 0 Å². The summed E-state index contributed by atoms with van der Waals surface area (Å²) >= 11 is 6.02. The number of hydrogen-bond donors (Lipinski definition) is 1. The zero-order valence-electron chi connectivity index (χ0n) is 11.0. The average molecular weight is 287 g/mol. The highest BCUT2D eigenvalue weighted by atomic mass is 35.5. The number of aliphatic hydroxyl groups is 1. The lowest BCUT2D eigenvalue weighted by molar-refractivity contribution is 0.305. The number of ether oxygens (including phenoxy) is 1. The molecule has 0 aliphatic heterocycles. The van der Waals surface area contributed by atoms with Gasteiger partial charge in [0, 0.05) is 12.0 Å². The van der Waals surface area contributed by atoms with Crippen molar-refractivity contribution in [2.45, 2.75) is 13.0 Å². The molecule has 0 fully saturated rings. The molecular formula is C17H15ClO2. The molecule has 1 N–H and O–H groups in total. The first kappa shape index (κ1) is 14.5. The minimum Gasteiger partial charge on any atom is -0.487 e. The van der Waals surface area contributed by atoms with E-state index >= 15 is 0 Å². The van der Waals surface area contributed by atoms with Gasteiger partial charge in [-0.05, 0) is 29.8 Å². The van der Waals surface area contributed by atoms with Gasteiger partial charge in [0.15, 0.2) is 0 Å². The molecule has 0 aromatic heterocycles. The van der Waals surface area contributed by atoms with Crippen LogP contribution in [0.4, 0.5) is 0 Å². The van der Waals surface area contributed by atoms with Gasteiger partial charge in [0.25, 0.3) is 0 Å². The van der Waals surface area contributed by atoms with Gasteiger partial charge in [-0.3, -0.25) is 0 Å². The van der Waals surface area contributed by atoms with Crippen LogP contribution in [0.3, 0.4) is 0 Å². The van der Waals surface area contributed by atoms with Crippen molar-refractivity contribution in [1.82, 2.24) is 0 Å². The summed E-state index contributed by atoms with van der Waals surface area (Å²) in [5.74, 6) is 6.55. The fourth-order valence-electron chi connectivity index (χ4n) is 1.63. The van der Waals surface area contributed by atoms with E-state index in [0.29, 0.717) is 23.8 Å². The highest BCUT2D eigenvalue weighted by Gasteiger charge is 2.00. The van der Waals surface area contributed by atoms with Crippen molar-refractivity contribution in [3.05, 3.63) is 64.7 Å². The molecule has 0 bridgehead atoms. The molecule has 0 saturated carbocycles. The standard InChI is InChI=1S/C17H15ClO2/c18-16-6-1-2-7-17(16)20-13-15-10-8-14(9-11-15)5-3-4-12-19/h1-2,6-11,19H,4,12-13H2. The third kappa shape index (κ3) is 4.31. The number of benzene rings is 2. The van der Waals surface area contributed by atoms with E-state index in [0.717, 1.165) is 11.1 Å². The summed E-state index contributed by atoms with van der Waals surface area (Å²) in [6, 6.07) is 15.2. The monoisotopic (exact) mass is 286 g/mol. The molecule has 0 spiro atoms. The van der Waals surface area contributed by atoms with Gasteiger partial charge >= 0.3 is 0 Å². The predicted molar refractivity (Wildman–Crippen MR) is 80.8 cm³/mol. The van der Waals surface area contributed by atoms with Crippen molar-refractivity contribution in [3.8, 4) is 17.6 Å². The summed E-state index contributed by atoms with van der Waals surface area (Å²) in [7, 11) is 0. The summed E-state index contributed by atoms with van der Waals surface area (Å²) in [6.45, 7) is 0.560. The maximum Gasteiger partial charge on any atom is 0.138 e. The predicted octanol–water partition coefficient (Wildman–Crippen LogP) is 3.65. The molecule has 0 aliphatic carbocycles. The molecule has 0 aliphatic rings. The molecule has 2 aromatic carbocycles. The topological polar surface area (TPSA) is 29.5 Å². The van der Waals surface area contributed by atoms with Gasteiger partial charge in [-0.1, -0.05) is 47.7 Å². The third-order valence-corrected chi connectivity index (χ3v) is 2.97. The van der Waals surface area contributed by atoms with Crippen LogP contribution in [0.1, 0.15) is 17.5 Å². The summed E-state index contributed by atoms with van der Waals surface area (Å²) in [5.41, 5.74) is 1.98. The third-order valence-electron chi connectivity index (χ3n) is 2.65. The lowest BCUT2D eigenvalue weighted by Gasteiger charge is -2.07. The Morgan fingerprint density at radius 1 is 1.05 bits per heavy atom. The first-order valence-corrected chi connectivity index (χ1v) is 6.73. The molecule has 0 atom stereocenters. The molecule has 2 aromatic rings. The Bertz CT molecular complexity index is 609. The second kappa shape index (κ2) is 7.59. The second-order valence-corrected chi connectivity index (χ2v) is 4.60. The molecule has 0 heterocycles. The van der Waals surface area contributed by atoms with E-state index in [2.05, 4.69) is 11.8 Å². The minimum absolute atomic E-state index is 0.0940. The van der Waals surface area contributed by atoms with Crippen LogP contribution < -0.4 is 4.74 Å². The van der Waals surface area contributed by atoms with E-state index in [4.69, 9.17) is 21.4 Å². The molecule has 2 nitrogen and oxygen atoms in total. The highest BCUT2D eigenvalue weighted by Crippen LogP contribution is 2.24. The van der Waals surface area contributed by atoms with E-state index in [-0.39, 0.29) is 6.61 Å². The maximum absolute atomic E-state index is 8.66. The van der Waals surface area contributed by atoms with Crippen molar-refractivity contribution in [1.29, 1.82) is 0 Å². The van der Waals surface area contributed by atoms with E-state index in [1.807, 2.05) is 42.5 Å². The number of hydrogen-bond acceptors (Lipinski definition) is 2. The zero-order valence-corrected chi connectivity index (χ0v) is 11.7. The molecular weight excluding hydrogens is 272 g/mol. The number of rotatable bonds is 4. The van der Waals surface area contributed by atoms with Gasteiger partial charge < -0.3 is 9.84 Å². The quantitative estimate of drug-likeness (QED) is 0.869. The van der Waals surface area contributed by atoms with Crippen molar-refractivity contribution in [3.63, 3.8) is 0 Å².